The van der Waals surface area contributed by atoms with Crippen molar-refractivity contribution in [1.82, 2.24) is 9.80 Å². The van der Waals surface area contributed by atoms with Crippen molar-refractivity contribution >= 4 is 0 Å². The molecule has 0 spiro atoms. The predicted octanol–water partition coefficient (Wildman–Crippen LogP) is 2.10. The standard InChI is InChI=1S/C14H25N3/c1-13(5-7-15)17-10-6-14(12-17)11-16-8-3-2-4-9-16/h13-14H,2-6,8-12H2,1H3/t13-,14-/m0/s1. The predicted molar refractivity (Wildman–Crippen MR) is 69.7 cm³/mol. The van der Waals surface area contributed by atoms with Crippen molar-refractivity contribution in [2.75, 3.05) is 32.7 Å². The van der Waals surface area contributed by atoms with Gasteiger partial charge in [0.1, 0.15) is 0 Å². The van der Waals surface area contributed by atoms with Gasteiger partial charge in [0.2, 0.25) is 0 Å². The molecule has 3 heteroatoms. The molecule has 0 aromatic carbocycles. The van der Waals surface area contributed by atoms with E-state index in [4.69, 9.17) is 5.26 Å². The van der Waals surface area contributed by atoms with Crippen LogP contribution in [0.1, 0.15) is 39.0 Å². The Hall–Kier alpha value is -0.590. The molecule has 0 unspecified atom stereocenters. The fourth-order valence-electron chi connectivity index (χ4n) is 3.18. The van der Waals surface area contributed by atoms with E-state index in [9.17, 15) is 0 Å². The zero-order valence-electron chi connectivity index (χ0n) is 11.1. The van der Waals surface area contributed by atoms with Crippen LogP contribution in [0.4, 0.5) is 0 Å². The number of nitrogens with zero attached hydrogens (tertiary/aromatic N) is 3. The normalized spacial score (nSPS) is 29.1. The van der Waals surface area contributed by atoms with Crippen LogP contribution >= 0.6 is 0 Å². The highest BCUT2D eigenvalue weighted by Gasteiger charge is 2.27. The van der Waals surface area contributed by atoms with Gasteiger partial charge in [-0.3, -0.25) is 4.90 Å². The molecule has 2 rings (SSSR count). The summed E-state index contributed by atoms with van der Waals surface area (Å²) in [5, 5.41) is 8.74. The molecule has 0 aliphatic carbocycles. The minimum atomic E-state index is 0.450. The lowest BCUT2D eigenvalue weighted by Crippen LogP contribution is -2.36. The first kappa shape index (κ1) is 12.9. The van der Waals surface area contributed by atoms with Crippen LogP contribution in [-0.4, -0.2) is 48.6 Å². The molecule has 3 nitrogen and oxygen atoms in total. The highest BCUT2D eigenvalue weighted by molar-refractivity contribution is 4.86. The Morgan fingerprint density at radius 3 is 2.71 bits per heavy atom. The molecule has 0 bridgehead atoms. The molecule has 2 aliphatic heterocycles. The van der Waals surface area contributed by atoms with E-state index in [1.54, 1.807) is 0 Å². The van der Waals surface area contributed by atoms with Gasteiger partial charge in [0.15, 0.2) is 0 Å². The van der Waals surface area contributed by atoms with Crippen LogP contribution in [0.15, 0.2) is 0 Å². The Bertz CT molecular complexity index is 265. The van der Waals surface area contributed by atoms with Gasteiger partial charge < -0.3 is 4.90 Å². The number of hydrogen-bond donors (Lipinski definition) is 0. The topological polar surface area (TPSA) is 30.3 Å². The minimum absolute atomic E-state index is 0.450. The Balaban J connectivity index is 1.72. The van der Waals surface area contributed by atoms with E-state index in [1.807, 2.05) is 0 Å². The molecule has 2 aliphatic rings. The van der Waals surface area contributed by atoms with Crippen LogP contribution in [0, 0.1) is 17.2 Å². The van der Waals surface area contributed by atoms with E-state index < -0.39 is 0 Å². The van der Waals surface area contributed by atoms with Gasteiger partial charge >= 0.3 is 0 Å². The molecule has 2 atom stereocenters. The Morgan fingerprint density at radius 1 is 1.24 bits per heavy atom. The molecule has 2 saturated heterocycles. The average Bonchev–Trinajstić information content (AvgIpc) is 2.79. The molecule has 0 N–H and O–H groups in total. The van der Waals surface area contributed by atoms with Crippen LogP contribution in [-0.2, 0) is 0 Å². The molecular weight excluding hydrogens is 210 g/mol. The molecular formula is C14H25N3. The van der Waals surface area contributed by atoms with E-state index in [0.717, 1.165) is 5.92 Å². The first-order valence-corrected chi connectivity index (χ1v) is 7.13. The lowest BCUT2D eigenvalue weighted by molar-refractivity contribution is 0.186. The van der Waals surface area contributed by atoms with Gasteiger partial charge in [-0.2, -0.15) is 5.26 Å². The summed E-state index contributed by atoms with van der Waals surface area (Å²) < 4.78 is 0. The first-order chi connectivity index (χ1) is 8.29. The second-order valence-electron chi connectivity index (χ2n) is 5.72. The fourth-order valence-corrected chi connectivity index (χ4v) is 3.18. The zero-order chi connectivity index (χ0) is 12.1. The monoisotopic (exact) mass is 235 g/mol. The second kappa shape index (κ2) is 6.37. The third kappa shape index (κ3) is 3.69. The van der Waals surface area contributed by atoms with Crippen molar-refractivity contribution in [1.29, 1.82) is 5.26 Å². The van der Waals surface area contributed by atoms with Crippen molar-refractivity contribution in [2.24, 2.45) is 5.92 Å². The van der Waals surface area contributed by atoms with Crippen LogP contribution in [0.25, 0.3) is 0 Å². The van der Waals surface area contributed by atoms with E-state index >= 15 is 0 Å². The van der Waals surface area contributed by atoms with E-state index in [1.165, 1.54) is 58.4 Å². The fraction of sp³-hybridized carbons (Fsp3) is 0.929. The van der Waals surface area contributed by atoms with Gasteiger partial charge in [-0.25, -0.2) is 0 Å². The third-order valence-electron chi connectivity index (χ3n) is 4.29. The summed E-state index contributed by atoms with van der Waals surface area (Å²) in [6, 6.07) is 2.74. The van der Waals surface area contributed by atoms with E-state index in [-0.39, 0.29) is 0 Å². The van der Waals surface area contributed by atoms with Crippen molar-refractivity contribution in [2.45, 2.75) is 45.1 Å². The molecule has 0 radical (unpaired) electrons. The van der Waals surface area contributed by atoms with E-state index in [0.29, 0.717) is 12.5 Å². The molecule has 0 saturated carbocycles. The quantitative estimate of drug-likeness (QED) is 0.747. The first-order valence-electron chi connectivity index (χ1n) is 7.13. The van der Waals surface area contributed by atoms with Crippen LogP contribution < -0.4 is 0 Å². The molecule has 0 amide bonds. The highest BCUT2D eigenvalue weighted by Crippen LogP contribution is 2.22. The van der Waals surface area contributed by atoms with Crippen LogP contribution in [0.5, 0.6) is 0 Å². The van der Waals surface area contributed by atoms with Gasteiger partial charge in [0.05, 0.1) is 12.5 Å². The third-order valence-corrected chi connectivity index (χ3v) is 4.29. The summed E-state index contributed by atoms with van der Waals surface area (Å²) in [6.07, 6.45) is 6.21. The van der Waals surface area contributed by atoms with Crippen molar-refractivity contribution in [3.63, 3.8) is 0 Å². The van der Waals surface area contributed by atoms with Gasteiger partial charge in [-0.1, -0.05) is 6.42 Å². The smallest absolute Gasteiger partial charge is 0.0638 e. The maximum atomic E-state index is 8.74. The maximum absolute atomic E-state index is 8.74. The number of piperidine rings is 1. The molecule has 2 heterocycles. The minimum Gasteiger partial charge on any atom is -0.303 e. The maximum Gasteiger partial charge on any atom is 0.0638 e. The number of likely N-dealkylation sites (tertiary alicyclic amines) is 2. The highest BCUT2D eigenvalue weighted by atomic mass is 15.2. The summed E-state index contributed by atoms with van der Waals surface area (Å²) in [5.41, 5.74) is 0. The van der Waals surface area contributed by atoms with Crippen molar-refractivity contribution < 1.29 is 0 Å². The Kier molecular flexibility index (Phi) is 4.82. The summed E-state index contributed by atoms with van der Waals surface area (Å²) in [4.78, 5) is 5.14. The van der Waals surface area contributed by atoms with Gasteiger partial charge in [0, 0.05) is 19.1 Å². The Morgan fingerprint density at radius 2 is 2.00 bits per heavy atom. The molecule has 2 fully saturated rings. The van der Waals surface area contributed by atoms with Crippen LogP contribution in [0.2, 0.25) is 0 Å². The Labute approximate surface area is 105 Å². The summed E-state index contributed by atoms with van der Waals surface area (Å²) in [5.74, 6) is 0.842. The lowest BCUT2D eigenvalue weighted by atomic mass is 10.1. The zero-order valence-corrected chi connectivity index (χ0v) is 11.1. The number of rotatable bonds is 4. The number of nitriles is 1. The van der Waals surface area contributed by atoms with Crippen LogP contribution in [0.3, 0.4) is 0 Å². The van der Waals surface area contributed by atoms with Gasteiger partial charge in [0.25, 0.3) is 0 Å². The second-order valence-corrected chi connectivity index (χ2v) is 5.72. The van der Waals surface area contributed by atoms with Crippen molar-refractivity contribution in [3.8, 4) is 6.07 Å². The molecule has 96 valence electrons. The summed E-state index contributed by atoms with van der Waals surface area (Å²) in [6.45, 7) is 8.50. The largest absolute Gasteiger partial charge is 0.303 e. The van der Waals surface area contributed by atoms with Crippen molar-refractivity contribution in [3.05, 3.63) is 0 Å². The SMILES string of the molecule is C[C@@H](CC#N)N1CC[C@@H](CN2CCCCC2)C1. The molecule has 17 heavy (non-hydrogen) atoms. The average molecular weight is 235 g/mol. The molecule has 0 aromatic rings. The molecule has 0 aromatic heterocycles. The summed E-state index contributed by atoms with van der Waals surface area (Å²) in [7, 11) is 0. The lowest BCUT2D eigenvalue weighted by Gasteiger charge is -2.29. The van der Waals surface area contributed by atoms with Gasteiger partial charge in [-0.15, -0.1) is 0 Å². The summed E-state index contributed by atoms with van der Waals surface area (Å²) >= 11 is 0. The van der Waals surface area contributed by atoms with Gasteiger partial charge in [-0.05, 0) is 51.7 Å². The number of hydrogen-bond acceptors (Lipinski definition) is 3. The van der Waals surface area contributed by atoms with E-state index in [2.05, 4.69) is 22.8 Å².